The quantitative estimate of drug-likeness (QED) is 0.521. The molecule has 0 amide bonds. The van der Waals surface area contributed by atoms with Crippen molar-refractivity contribution in [3.05, 3.63) is 19.1 Å². The smallest absolute Gasteiger partial charge is 0.333 e. The number of hydrogen-bond donors (Lipinski definition) is 1. The van der Waals surface area contributed by atoms with Gasteiger partial charge in [-0.1, -0.05) is 26.8 Å². The summed E-state index contributed by atoms with van der Waals surface area (Å²) in [6, 6.07) is 0. The first-order valence-electron chi connectivity index (χ1n) is 5.35. The molecule has 87 valence electrons. The van der Waals surface area contributed by atoms with Crippen molar-refractivity contribution in [2.45, 2.75) is 51.7 Å². The maximum atomic E-state index is 11.2. The van der Waals surface area contributed by atoms with Gasteiger partial charge < -0.3 is 9.84 Å². The number of hydrogen-bond acceptors (Lipinski definition) is 3. The molecule has 0 aliphatic carbocycles. The van der Waals surface area contributed by atoms with Crippen LogP contribution in [0.3, 0.4) is 0 Å². The fraction of sp³-hybridized carbons (Fsp3) is 0.667. The zero-order chi connectivity index (χ0) is 11.8. The van der Waals surface area contributed by atoms with Crippen LogP contribution in [-0.4, -0.2) is 23.3 Å². The molecule has 2 atom stereocenters. The number of rotatable bonds is 7. The fourth-order valence-corrected chi connectivity index (χ4v) is 1.21. The Bertz CT molecular complexity index is 211. The molecule has 0 aromatic rings. The van der Waals surface area contributed by atoms with Crippen LogP contribution in [0.25, 0.3) is 0 Å². The van der Waals surface area contributed by atoms with Gasteiger partial charge in [-0.15, -0.1) is 0 Å². The van der Waals surface area contributed by atoms with Crippen LogP contribution in [0.4, 0.5) is 0 Å². The molecular weight excluding hydrogens is 192 g/mol. The lowest BCUT2D eigenvalue weighted by Gasteiger charge is -2.19. The van der Waals surface area contributed by atoms with Crippen LogP contribution in [0, 0.1) is 6.92 Å². The van der Waals surface area contributed by atoms with Gasteiger partial charge in [0, 0.05) is 12.0 Å². The van der Waals surface area contributed by atoms with Gasteiger partial charge in [0.25, 0.3) is 0 Å². The lowest BCUT2D eigenvalue weighted by molar-refractivity contribution is -0.145. The molecule has 0 spiro atoms. The topological polar surface area (TPSA) is 46.5 Å². The average Bonchev–Trinajstić information content (AvgIpc) is 2.16. The second-order valence-corrected chi connectivity index (χ2v) is 3.75. The number of esters is 1. The first-order chi connectivity index (χ1) is 7.01. The minimum Gasteiger partial charge on any atom is -0.459 e. The van der Waals surface area contributed by atoms with Gasteiger partial charge in [0.05, 0.1) is 6.10 Å². The molecule has 2 unspecified atom stereocenters. The van der Waals surface area contributed by atoms with Crippen LogP contribution in [0.1, 0.15) is 39.5 Å². The molecular formula is C12H21O3. The van der Waals surface area contributed by atoms with E-state index in [9.17, 15) is 9.90 Å². The zero-order valence-electron chi connectivity index (χ0n) is 9.66. The molecule has 0 rings (SSSR count). The van der Waals surface area contributed by atoms with Crippen molar-refractivity contribution in [1.82, 2.24) is 0 Å². The molecule has 0 saturated heterocycles. The monoisotopic (exact) mass is 213 g/mol. The standard InChI is InChI=1S/C12H21O3/c1-5-7-10(13)8-11(6-2)15-12(14)9(3)4/h10-11,13H,1,3,5-8H2,2,4H3. The minimum absolute atomic E-state index is 0.226. The van der Waals surface area contributed by atoms with Gasteiger partial charge in [-0.05, 0) is 19.8 Å². The molecule has 0 aliphatic rings. The Morgan fingerprint density at radius 3 is 2.53 bits per heavy atom. The fourth-order valence-electron chi connectivity index (χ4n) is 1.21. The average molecular weight is 213 g/mol. The predicted octanol–water partition coefficient (Wildman–Crippen LogP) is 2.25. The highest BCUT2D eigenvalue weighted by Gasteiger charge is 2.16. The van der Waals surface area contributed by atoms with Crippen LogP contribution >= 0.6 is 0 Å². The molecule has 1 N–H and O–H groups in total. The molecule has 1 radical (unpaired) electrons. The van der Waals surface area contributed by atoms with E-state index >= 15 is 0 Å². The number of carbonyl (C=O) groups is 1. The van der Waals surface area contributed by atoms with Gasteiger partial charge in [-0.3, -0.25) is 0 Å². The summed E-state index contributed by atoms with van der Waals surface area (Å²) in [7, 11) is 0. The van der Waals surface area contributed by atoms with E-state index in [1.165, 1.54) is 0 Å². The van der Waals surface area contributed by atoms with Crippen LogP contribution in [0.2, 0.25) is 0 Å². The Kier molecular flexibility index (Phi) is 7.05. The summed E-state index contributed by atoms with van der Waals surface area (Å²) in [5, 5.41) is 9.55. The third-order valence-corrected chi connectivity index (χ3v) is 2.15. The van der Waals surface area contributed by atoms with Crippen LogP contribution < -0.4 is 0 Å². The Hall–Kier alpha value is -0.830. The normalized spacial score (nSPS) is 14.4. The summed E-state index contributed by atoms with van der Waals surface area (Å²) in [5.41, 5.74) is 0.389. The van der Waals surface area contributed by atoms with Crippen molar-refractivity contribution in [3.8, 4) is 0 Å². The molecule has 0 heterocycles. The van der Waals surface area contributed by atoms with Gasteiger partial charge in [0.2, 0.25) is 0 Å². The van der Waals surface area contributed by atoms with E-state index in [2.05, 4.69) is 13.5 Å². The molecule has 3 heteroatoms. The summed E-state index contributed by atoms with van der Waals surface area (Å²) >= 11 is 0. The molecule has 0 aliphatic heterocycles. The largest absolute Gasteiger partial charge is 0.459 e. The Morgan fingerprint density at radius 2 is 2.13 bits per heavy atom. The lowest BCUT2D eigenvalue weighted by Crippen LogP contribution is -2.23. The highest BCUT2D eigenvalue weighted by Crippen LogP contribution is 2.12. The second-order valence-electron chi connectivity index (χ2n) is 3.75. The highest BCUT2D eigenvalue weighted by molar-refractivity contribution is 5.87. The summed E-state index contributed by atoms with van der Waals surface area (Å²) in [4.78, 5) is 11.2. The van der Waals surface area contributed by atoms with E-state index in [0.29, 0.717) is 31.3 Å². The number of carbonyl (C=O) groups excluding carboxylic acids is 1. The molecule has 0 fully saturated rings. The van der Waals surface area contributed by atoms with Crippen molar-refractivity contribution >= 4 is 5.97 Å². The van der Waals surface area contributed by atoms with Gasteiger partial charge in [0.1, 0.15) is 6.10 Å². The molecule has 0 aromatic heterocycles. The zero-order valence-corrected chi connectivity index (χ0v) is 9.66. The van der Waals surface area contributed by atoms with Gasteiger partial charge in [-0.25, -0.2) is 4.79 Å². The van der Waals surface area contributed by atoms with Crippen LogP contribution in [0.5, 0.6) is 0 Å². The van der Waals surface area contributed by atoms with Crippen molar-refractivity contribution in [2.75, 3.05) is 0 Å². The molecule has 0 aromatic carbocycles. The summed E-state index contributed by atoms with van der Waals surface area (Å²) in [6.07, 6.45) is 1.84. The minimum atomic E-state index is -0.439. The first-order valence-corrected chi connectivity index (χ1v) is 5.35. The lowest BCUT2D eigenvalue weighted by atomic mass is 10.1. The van der Waals surface area contributed by atoms with E-state index in [0.717, 1.165) is 0 Å². The van der Waals surface area contributed by atoms with Gasteiger partial charge in [-0.2, -0.15) is 0 Å². The van der Waals surface area contributed by atoms with Crippen molar-refractivity contribution < 1.29 is 14.6 Å². The van der Waals surface area contributed by atoms with Gasteiger partial charge in [0.15, 0.2) is 0 Å². The predicted molar refractivity (Wildman–Crippen MR) is 60.2 cm³/mol. The molecule has 0 bridgehead atoms. The van der Waals surface area contributed by atoms with E-state index < -0.39 is 6.10 Å². The Morgan fingerprint density at radius 1 is 1.53 bits per heavy atom. The van der Waals surface area contributed by atoms with Crippen LogP contribution in [0.15, 0.2) is 12.2 Å². The summed E-state index contributed by atoms with van der Waals surface area (Å²) < 4.78 is 5.16. The second kappa shape index (κ2) is 7.46. The summed E-state index contributed by atoms with van der Waals surface area (Å²) in [6.45, 7) is 10.7. The number of ether oxygens (including phenoxy) is 1. The molecule has 3 nitrogen and oxygen atoms in total. The van der Waals surface area contributed by atoms with Gasteiger partial charge >= 0.3 is 5.97 Å². The van der Waals surface area contributed by atoms with Crippen LogP contribution in [-0.2, 0) is 9.53 Å². The Labute approximate surface area is 92.1 Å². The van der Waals surface area contributed by atoms with E-state index in [4.69, 9.17) is 4.74 Å². The number of aliphatic hydroxyl groups is 1. The Balaban J connectivity index is 4.02. The molecule has 0 saturated carbocycles. The number of aliphatic hydroxyl groups excluding tert-OH is 1. The SMILES string of the molecule is [CH2]CCC(O)CC(CC)OC(=O)C(=C)C. The van der Waals surface area contributed by atoms with Crippen molar-refractivity contribution in [3.63, 3.8) is 0 Å². The van der Waals surface area contributed by atoms with E-state index in [1.54, 1.807) is 6.92 Å². The van der Waals surface area contributed by atoms with Crippen molar-refractivity contribution in [2.24, 2.45) is 0 Å². The van der Waals surface area contributed by atoms with E-state index in [1.807, 2.05) is 6.92 Å². The first kappa shape index (κ1) is 14.2. The maximum Gasteiger partial charge on any atom is 0.333 e. The highest BCUT2D eigenvalue weighted by atomic mass is 16.5. The molecule has 15 heavy (non-hydrogen) atoms. The third kappa shape index (κ3) is 6.28. The van der Waals surface area contributed by atoms with E-state index in [-0.39, 0.29) is 12.1 Å². The third-order valence-electron chi connectivity index (χ3n) is 2.15. The maximum absolute atomic E-state index is 11.2. The summed E-state index contributed by atoms with van der Waals surface area (Å²) in [5.74, 6) is -0.385. The van der Waals surface area contributed by atoms with Crippen molar-refractivity contribution in [1.29, 1.82) is 0 Å².